The van der Waals surface area contributed by atoms with Gasteiger partial charge in [0.05, 0.1) is 11.0 Å². The third-order valence-electron chi connectivity index (χ3n) is 8.31. The van der Waals surface area contributed by atoms with Crippen LogP contribution in [-0.4, -0.2) is 4.57 Å². The van der Waals surface area contributed by atoms with Crippen molar-refractivity contribution in [1.29, 1.82) is 0 Å². The van der Waals surface area contributed by atoms with Gasteiger partial charge >= 0.3 is 0 Å². The number of para-hydroxylation sites is 1. The largest absolute Gasteiger partial charge is 0.456 e. The molecule has 3 aromatic heterocycles. The number of hydrogen-bond acceptors (Lipinski definition) is 2. The van der Waals surface area contributed by atoms with Crippen molar-refractivity contribution in [2.24, 2.45) is 0 Å². The van der Waals surface area contributed by atoms with E-state index in [1.54, 1.807) is 0 Å². The minimum Gasteiger partial charge on any atom is -0.456 e. The molecule has 10 rings (SSSR count). The second-order valence-corrected chi connectivity index (χ2v) is 11.2. The molecule has 0 radical (unpaired) electrons. The zero-order chi connectivity index (χ0) is 23.8. The van der Waals surface area contributed by atoms with Crippen molar-refractivity contribution < 1.29 is 4.42 Å². The summed E-state index contributed by atoms with van der Waals surface area (Å²) in [6, 6.07) is 37.7. The molecule has 0 bridgehead atoms. The lowest BCUT2D eigenvalue weighted by Crippen LogP contribution is -1.94. The van der Waals surface area contributed by atoms with E-state index in [0.717, 1.165) is 27.6 Å². The van der Waals surface area contributed by atoms with Crippen molar-refractivity contribution in [1.82, 2.24) is 4.57 Å². The molecule has 0 unspecified atom stereocenters. The van der Waals surface area contributed by atoms with Crippen molar-refractivity contribution in [2.75, 3.05) is 0 Å². The summed E-state index contributed by atoms with van der Waals surface area (Å²) in [6.45, 7) is 0. The van der Waals surface area contributed by atoms with Gasteiger partial charge in [0.25, 0.3) is 0 Å². The Morgan fingerprint density at radius 1 is 0.514 bits per heavy atom. The van der Waals surface area contributed by atoms with E-state index in [1.807, 2.05) is 23.5 Å². The summed E-state index contributed by atoms with van der Waals surface area (Å²) in [5, 5.41) is 10.5. The average molecular weight is 488 g/mol. The van der Waals surface area contributed by atoms with Gasteiger partial charge in [-0.1, -0.05) is 54.6 Å². The second kappa shape index (κ2) is 6.20. The molecule has 0 amide bonds. The number of thiophene rings is 1. The average Bonchev–Trinajstić information content (AvgIpc) is 3.58. The number of benzene rings is 6. The first-order chi connectivity index (χ1) is 18.3. The predicted octanol–water partition coefficient (Wildman–Crippen LogP) is 10.2. The molecular weight excluding hydrogens is 470 g/mol. The molecule has 0 saturated carbocycles. The second-order valence-electron chi connectivity index (χ2n) is 10.1. The van der Waals surface area contributed by atoms with Crippen LogP contribution in [0, 0.1) is 0 Å². The normalized spacial score (nSPS) is 12.9. The Labute approximate surface area is 214 Å². The summed E-state index contributed by atoms with van der Waals surface area (Å²) in [5.74, 6) is 0. The fourth-order valence-corrected chi connectivity index (χ4v) is 7.99. The van der Waals surface area contributed by atoms with E-state index in [2.05, 4.69) is 95.6 Å². The van der Waals surface area contributed by atoms with Crippen LogP contribution in [0.2, 0.25) is 0 Å². The molecule has 6 aromatic carbocycles. The number of furan rings is 1. The van der Waals surface area contributed by atoms with Crippen LogP contribution in [0.1, 0.15) is 0 Å². The van der Waals surface area contributed by atoms with Crippen molar-refractivity contribution >= 4 is 86.0 Å². The van der Waals surface area contributed by atoms with Gasteiger partial charge in [0.15, 0.2) is 0 Å². The summed E-state index contributed by atoms with van der Waals surface area (Å²) in [5.41, 5.74) is 8.11. The molecule has 3 heteroatoms. The minimum absolute atomic E-state index is 0.921. The van der Waals surface area contributed by atoms with E-state index in [0.29, 0.717) is 0 Å². The lowest BCUT2D eigenvalue weighted by atomic mass is 9.98. The first kappa shape index (κ1) is 18.6. The smallest absolute Gasteiger partial charge is 0.137 e. The first-order valence-corrected chi connectivity index (χ1v) is 13.4. The molecule has 1 aliphatic rings. The maximum Gasteiger partial charge on any atom is 0.137 e. The van der Waals surface area contributed by atoms with Crippen molar-refractivity contribution in [3.8, 4) is 16.8 Å². The Bertz CT molecular complexity index is 2470. The molecule has 1 aliphatic carbocycles. The molecular formula is C34H17NOS. The number of rotatable bonds is 1. The topological polar surface area (TPSA) is 18.1 Å². The molecule has 9 aromatic rings. The summed E-state index contributed by atoms with van der Waals surface area (Å²) >= 11 is 1.91. The molecule has 0 saturated heterocycles. The summed E-state index contributed by atoms with van der Waals surface area (Å²) in [7, 11) is 0. The molecule has 0 aliphatic heterocycles. The van der Waals surface area contributed by atoms with Crippen LogP contribution in [0.4, 0.5) is 0 Å². The van der Waals surface area contributed by atoms with E-state index < -0.39 is 0 Å². The van der Waals surface area contributed by atoms with Crippen LogP contribution in [0.3, 0.4) is 0 Å². The molecule has 170 valence electrons. The predicted molar refractivity (Wildman–Crippen MR) is 157 cm³/mol. The Kier molecular flexibility index (Phi) is 3.12. The van der Waals surface area contributed by atoms with Gasteiger partial charge in [0.1, 0.15) is 11.2 Å². The lowest BCUT2D eigenvalue weighted by Gasteiger charge is -2.10. The fourth-order valence-electron chi connectivity index (χ4n) is 6.85. The van der Waals surface area contributed by atoms with E-state index >= 15 is 0 Å². The van der Waals surface area contributed by atoms with Crippen LogP contribution in [0.25, 0.3) is 91.5 Å². The van der Waals surface area contributed by atoms with Gasteiger partial charge in [-0.3, -0.25) is 0 Å². The Hall–Kier alpha value is -4.60. The van der Waals surface area contributed by atoms with Crippen LogP contribution in [0.5, 0.6) is 0 Å². The van der Waals surface area contributed by atoms with E-state index in [-0.39, 0.29) is 0 Å². The summed E-state index contributed by atoms with van der Waals surface area (Å²) in [6.07, 6.45) is 0. The Balaban J connectivity index is 1.45. The highest BCUT2D eigenvalue weighted by atomic mass is 32.1. The standard InChI is InChI=1S/C34H17NOS/c1-2-9-26-20(5-1)21-14-13-19(17-27(21)36-26)35-24-8-3-6-22-23-7-4-10-28-32(23)34-29(37-28)16-12-18-11-15-25(35)33(30(18)34)31(22)24/h1-17H. The van der Waals surface area contributed by atoms with Crippen LogP contribution < -0.4 is 0 Å². The first-order valence-electron chi connectivity index (χ1n) is 12.6. The van der Waals surface area contributed by atoms with Crippen LogP contribution in [-0.2, 0) is 0 Å². The highest BCUT2D eigenvalue weighted by Gasteiger charge is 2.25. The monoisotopic (exact) mass is 487 g/mol. The number of aromatic nitrogens is 1. The highest BCUT2D eigenvalue weighted by molar-refractivity contribution is 7.26. The zero-order valence-corrected chi connectivity index (χ0v) is 20.4. The van der Waals surface area contributed by atoms with Gasteiger partial charge in [-0.2, -0.15) is 0 Å². The maximum absolute atomic E-state index is 6.29. The van der Waals surface area contributed by atoms with Gasteiger partial charge in [0, 0.05) is 58.9 Å². The molecule has 3 heterocycles. The molecule has 0 spiro atoms. The summed E-state index contributed by atoms with van der Waals surface area (Å²) in [4.78, 5) is 0. The zero-order valence-electron chi connectivity index (χ0n) is 19.6. The van der Waals surface area contributed by atoms with Crippen LogP contribution in [0.15, 0.2) is 108 Å². The molecule has 0 fully saturated rings. The van der Waals surface area contributed by atoms with Crippen molar-refractivity contribution in [2.45, 2.75) is 0 Å². The molecule has 0 atom stereocenters. The quantitative estimate of drug-likeness (QED) is 0.225. The Morgan fingerprint density at radius 2 is 1.30 bits per heavy atom. The number of hydrogen-bond donors (Lipinski definition) is 0. The van der Waals surface area contributed by atoms with Crippen LogP contribution >= 0.6 is 11.3 Å². The minimum atomic E-state index is 0.921. The molecule has 2 nitrogen and oxygen atoms in total. The van der Waals surface area contributed by atoms with E-state index in [9.17, 15) is 0 Å². The third kappa shape index (κ3) is 2.11. The summed E-state index contributed by atoms with van der Waals surface area (Å²) < 4.78 is 11.4. The van der Waals surface area contributed by atoms with E-state index in [4.69, 9.17) is 4.42 Å². The molecule has 37 heavy (non-hydrogen) atoms. The van der Waals surface area contributed by atoms with Gasteiger partial charge in [-0.15, -0.1) is 11.3 Å². The van der Waals surface area contributed by atoms with Crippen molar-refractivity contribution in [3.63, 3.8) is 0 Å². The SMILES string of the molecule is c1ccc2c(c1)oc1cc(-n3c4cccc5c4c4c6c(ccc7sc8cccc-5c8c76)ccc43)ccc12. The fraction of sp³-hybridized carbons (Fsp3) is 0. The number of fused-ring (bicyclic) bond motifs is 4. The maximum atomic E-state index is 6.29. The number of nitrogens with zero attached hydrogens (tertiary/aromatic N) is 1. The lowest BCUT2D eigenvalue weighted by molar-refractivity contribution is 0.668. The Morgan fingerprint density at radius 3 is 2.27 bits per heavy atom. The third-order valence-corrected chi connectivity index (χ3v) is 9.43. The van der Waals surface area contributed by atoms with Crippen molar-refractivity contribution in [3.05, 3.63) is 103 Å². The highest BCUT2D eigenvalue weighted by Crippen LogP contribution is 2.51. The van der Waals surface area contributed by atoms with Gasteiger partial charge in [0.2, 0.25) is 0 Å². The van der Waals surface area contributed by atoms with E-state index in [1.165, 1.54) is 63.9 Å². The molecule has 0 N–H and O–H groups in total. The van der Waals surface area contributed by atoms with Gasteiger partial charge < -0.3 is 8.98 Å². The van der Waals surface area contributed by atoms with Gasteiger partial charge in [-0.05, 0) is 59.0 Å². The van der Waals surface area contributed by atoms with Gasteiger partial charge in [-0.25, -0.2) is 0 Å².